The molecule has 0 aromatic carbocycles. The summed E-state index contributed by atoms with van der Waals surface area (Å²) >= 11 is 0. The number of aryl methyl sites for hydroxylation is 2. The Kier molecular flexibility index (Phi) is 4.65. The topological polar surface area (TPSA) is 73.4 Å². The Labute approximate surface area is 119 Å². The van der Waals surface area contributed by atoms with Gasteiger partial charge in [-0.2, -0.15) is 5.10 Å². The molecule has 0 aliphatic carbocycles. The number of carbonyl (C=O) groups excluding carboxylic acids is 1. The second kappa shape index (κ2) is 6.26. The molecule has 6 heteroatoms. The minimum Gasteiger partial charge on any atom is -0.395 e. The number of hydrogen-bond acceptors (Lipinski definition) is 4. The molecule has 20 heavy (non-hydrogen) atoms. The van der Waals surface area contributed by atoms with Gasteiger partial charge in [0.2, 0.25) is 0 Å². The van der Waals surface area contributed by atoms with Crippen LogP contribution in [0.15, 0.2) is 0 Å². The maximum Gasteiger partial charge on any atom is 0.274 e. The average molecular weight is 280 g/mol. The first-order valence-corrected chi connectivity index (χ1v) is 7.32. The smallest absolute Gasteiger partial charge is 0.274 e. The Morgan fingerprint density at radius 2 is 2.30 bits per heavy atom. The van der Waals surface area contributed by atoms with Gasteiger partial charge in [0.05, 0.1) is 17.5 Å². The van der Waals surface area contributed by atoms with Gasteiger partial charge in [-0.3, -0.25) is 9.48 Å². The van der Waals surface area contributed by atoms with E-state index < -0.39 is 0 Å². The quantitative estimate of drug-likeness (QED) is 0.885. The number of nitrogen functional groups attached to an aromatic ring is 1. The molecule has 2 N–H and O–H groups in total. The molecule has 1 saturated heterocycles. The van der Waals surface area contributed by atoms with Gasteiger partial charge in [-0.1, -0.05) is 0 Å². The van der Waals surface area contributed by atoms with Crippen LogP contribution in [0.1, 0.15) is 42.9 Å². The second-order valence-corrected chi connectivity index (χ2v) is 5.14. The first-order chi connectivity index (χ1) is 9.58. The van der Waals surface area contributed by atoms with Crippen LogP contribution in [0.2, 0.25) is 0 Å². The van der Waals surface area contributed by atoms with Crippen LogP contribution in [0.3, 0.4) is 0 Å². The third kappa shape index (κ3) is 2.80. The molecule has 0 bridgehead atoms. The highest BCUT2D eigenvalue weighted by Gasteiger charge is 2.26. The monoisotopic (exact) mass is 280 g/mol. The Morgan fingerprint density at radius 1 is 1.55 bits per heavy atom. The fourth-order valence-corrected chi connectivity index (χ4v) is 2.59. The molecule has 1 aromatic rings. The Morgan fingerprint density at radius 3 is 2.85 bits per heavy atom. The number of nitrogens with two attached hydrogens (primary N) is 1. The third-order valence-corrected chi connectivity index (χ3v) is 3.79. The molecule has 1 amide bonds. The van der Waals surface area contributed by atoms with Gasteiger partial charge in [0.1, 0.15) is 5.69 Å². The van der Waals surface area contributed by atoms with Crippen LogP contribution in [0.4, 0.5) is 5.69 Å². The molecule has 0 radical (unpaired) electrons. The summed E-state index contributed by atoms with van der Waals surface area (Å²) in [6.45, 7) is 8.46. The number of ether oxygens (including phenoxy) is 1. The van der Waals surface area contributed by atoms with Crippen molar-refractivity contribution in [2.75, 3.05) is 25.4 Å². The summed E-state index contributed by atoms with van der Waals surface area (Å²) in [5.41, 5.74) is 7.72. The van der Waals surface area contributed by atoms with Crippen molar-refractivity contribution in [2.45, 2.75) is 46.3 Å². The van der Waals surface area contributed by atoms with Crippen LogP contribution < -0.4 is 5.73 Å². The zero-order valence-corrected chi connectivity index (χ0v) is 12.6. The van der Waals surface area contributed by atoms with Gasteiger partial charge in [-0.15, -0.1) is 0 Å². The van der Waals surface area contributed by atoms with E-state index in [0.29, 0.717) is 36.7 Å². The molecule has 0 saturated carbocycles. The van der Waals surface area contributed by atoms with E-state index in [1.807, 2.05) is 20.8 Å². The highest BCUT2D eigenvalue weighted by atomic mass is 16.5. The zero-order chi connectivity index (χ0) is 14.7. The van der Waals surface area contributed by atoms with Crippen LogP contribution in [-0.4, -0.2) is 46.4 Å². The van der Waals surface area contributed by atoms with Crippen LogP contribution >= 0.6 is 0 Å². The van der Waals surface area contributed by atoms with Crippen molar-refractivity contribution in [3.05, 3.63) is 11.4 Å². The molecule has 6 nitrogen and oxygen atoms in total. The number of anilines is 1. The number of carbonyl (C=O) groups is 1. The van der Waals surface area contributed by atoms with E-state index in [1.165, 1.54) is 0 Å². The Hall–Kier alpha value is -1.56. The van der Waals surface area contributed by atoms with Gasteiger partial charge in [0.15, 0.2) is 0 Å². The normalized spacial score (nSPS) is 18.4. The standard InChI is InChI=1S/C14H24N4O2/c1-4-17(9-11-7-6-8-20-11)14(19)13-12(15)10(3)16-18(13)5-2/h11H,4-9,15H2,1-3H3. The van der Waals surface area contributed by atoms with Crippen molar-refractivity contribution in [1.29, 1.82) is 0 Å². The number of likely N-dealkylation sites (N-methyl/N-ethyl adjacent to an activating group) is 1. The van der Waals surface area contributed by atoms with Gasteiger partial charge < -0.3 is 15.4 Å². The highest BCUT2D eigenvalue weighted by molar-refractivity contribution is 5.98. The summed E-state index contributed by atoms with van der Waals surface area (Å²) in [6, 6.07) is 0. The van der Waals surface area contributed by atoms with Gasteiger partial charge in [0.25, 0.3) is 5.91 Å². The number of nitrogens with zero attached hydrogens (tertiary/aromatic N) is 3. The fraction of sp³-hybridized carbons (Fsp3) is 0.714. The van der Waals surface area contributed by atoms with Crippen molar-refractivity contribution >= 4 is 11.6 Å². The van der Waals surface area contributed by atoms with Crippen molar-refractivity contribution in [2.24, 2.45) is 0 Å². The minimum absolute atomic E-state index is 0.0528. The van der Waals surface area contributed by atoms with Crippen molar-refractivity contribution < 1.29 is 9.53 Å². The predicted molar refractivity (Wildman–Crippen MR) is 77.6 cm³/mol. The lowest BCUT2D eigenvalue weighted by Gasteiger charge is -2.24. The Bertz CT molecular complexity index is 478. The summed E-state index contributed by atoms with van der Waals surface area (Å²) in [6.07, 6.45) is 2.25. The molecule has 1 aromatic heterocycles. The summed E-state index contributed by atoms with van der Waals surface area (Å²) in [7, 11) is 0. The summed E-state index contributed by atoms with van der Waals surface area (Å²) < 4.78 is 7.30. The molecule has 1 unspecified atom stereocenters. The van der Waals surface area contributed by atoms with Gasteiger partial charge in [-0.25, -0.2) is 0 Å². The largest absolute Gasteiger partial charge is 0.395 e. The van der Waals surface area contributed by atoms with E-state index in [-0.39, 0.29) is 12.0 Å². The second-order valence-electron chi connectivity index (χ2n) is 5.14. The van der Waals surface area contributed by atoms with Crippen LogP contribution in [0.25, 0.3) is 0 Å². The number of rotatable bonds is 5. The maximum absolute atomic E-state index is 12.7. The maximum atomic E-state index is 12.7. The summed E-state index contributed by atoms with van der Waals surface area (Å²) in [4.78, 5) is 14.5. The molecular formula is C14H24N4O2. The lowest BCUT2D eigenvalue weighted by atomic mass is 10.2. The summed E-state index contributed by atoms with van der Waals surface area (Å²) in [5, 5.41) is 4.31. The van der Waals surface area contributed by atoms with Gasteiger partial charge >= 0.3 is 0 Å². The van der Waals surface area contributed by atoms with Crippen molar-refractivity contribution in [1.82, 2.24) is 14.7 Å². The van der Waals surface area contributed by atoms with Crippen molar-refractivity contribution in [3.63, 3.8) is 0 Å². The molecule has 1 aliphatic rings. The molecule has 1 aliphatic heterocycles. The minimum atomic E-state index is -0.0528. The van der Waals surface area contributed by atoms with Crippen LogP contribution in [0, 0.1) is 6.92 Å². The van der Waals surface area contributed by atoms with E-state index in [2.05, 4.69) is 5.10 Å². The highest BCUT2D eigenvalue weighted by Crippen LogP contribution is 2.20. The molecule has 1 fully saturated rings. The lowest BCUT2D eigenvalue weighted by molar-refractivity contribution is 0.0531. The molecule has 2 heterocycles. The first-order valence-electron chi connectivity index (χ1n) is 7.32. The van der Waals surface area contributed by atoms with Crippen molar-refractivity contribution in [3.8, 4) is 0 Å². The van der Waals surface area contributed by atoms with E-state index in [9.17, 15) is 4.79 Å². The van der Waals surface area contributed by atoms with E-state index >= 15 is 0 Å². The van der Waals surface area contributed by atoms with Crippen LogP contribution in [-0.2, 0) is 11.3 Å². The Balaban J connectivity index is 2.19. The molecule has 112 valence electrons. The van der Waals surface area contributed by atoms with Crippen LogP contribution in [0.5, 0.6) is 0 Å². The number of hydrogen-bond donors (Lipinski definition) is 1. The third-order valence-electron chi connectivity index (χ3n) is 3.79. The zero-order valence-electron chi connectivity index (χ0n) is 12.6. The predicted octanol–water partition coefficient (Wildman–Crippen LogP) is 1.43. The molecule has 2 rings (SSSR count). The lowest BCUT2D eigenvalue weighted by Crippen LogP contribution is -2.38. The van der Waals surface area contributed by atoms with Gasteiger partial charge in [0, 0.05) is 26.2 Å². The molecule has 0 spiro atoms. The summed E-state index contributed by atoms with van der Waals surface area (Å²) in [5.74, 6) is -0.0528. The van der Waals surface area contributed by atoms with E-state index in [0.717, 1.165) is 19.4 Å². The van der Waals surface area contributed by atoms with E-state index in [1.54, 1.807) is 9.58 Å². The SMILES string of the molecule is CCN(CC1CCCO1)C(=O)c1c(N)c(C)nn1CC. The first kappa shape index (κ1) is 14.8. The fourth-order valence-electron chi connectivity index (χ4n) is 2.59. The van der Waals surface area contributed by atoms with E-state index in [4.69, 9.17) is 10.5 Å². The molecule has 1 atom stereocenters. The average Bonchev–Trinajstić information content (AvgIpc) is 3.04. The van der Waals surface area contributed by atoms with Gasteiger partial charge in [-0.05, 0) is 33.6 Å². The molecular weight excluding hydrogens is 256 g/mol. The number of aromatic nitrogens is 2. The number of amides is 1.